The minimum absolute atomic E-state index is 0.301. The molecule has 1 atom stereocenters. The molecule has 0 aromatic carbocycles. The molecule has 2 fully saturated rings. The highest BCUT2D eigenvalue weighted by atomic mass is 16.5. The largest absolute Gasteiger partial charge is 0.374 e. The van der Waals surface area contributed by atoms with Crippen molar-refractivity contribution >= 4 is 0 Å². The quantitative estimate of drug-likeness (QED) is 0.796. The van der Waals surface area contributed by atoms with Crippen LogP contribution in [0.1, 0.15) is 11.6 Å². The molecule has 2 saturated heterocycles. The van der Waals surface area contributed by atoms with E-state index in [1.54, 1.807) is 0 Å². The van der Waals surface area contributed by atoms with Gasteiger partial charge in [0.2, 0.25) is 0 Å². The zero-order valence-corrected chi connectivity index (χ0v) is 10.3. The number of hydrogen-bond donors (Lipinski definition) is 1. The van der Waals surface area contributed by atoms with E-state index in [9.17, 15) is 0 Å². The number of rotatable bonds is 3. The van der Waals surface area contributed by atoms with Crippen LogP contribution in [0.4, 0.5) is 0 Å². The lowest BCUT2D eigenvalue weighted by atomic mass is 10.00. The molecule has 0 amide bonds. The Morgan fingerprint density at radius 2 is 2.41 bits per heavy atom. The van der Waals surface area contributed by atoms with Crippen molar-refractivity contribution in [3.63, 3.8) is 0 Å². The molecule has 1 aromatic rings. The van der Waals surface area contributed by atoms with E-state index in [4.69, 9.17) is 4.74 Å². The lowest BCUT2D eigenvalue weighted by molar-refractivity contribution is -0.0279. The number of nitrogens with zero attached hydrogens (tertiary/aromatic N) is 3. The predicted octanol–water partition coefficient (Wildman–Crippen LogP) is -0.0995. The molecule has 2 aliphatic heterocycles. The lowest BCUT2D eigenvalue weighted by Crippen LogP contribution is -2.43. The molecule has 0 spiro atoms. The average Bonchev–Trinajstić information content (AvgIpc) is 2.64. The van der Waals surface area contributed by atoms with Crippen molar-refractivity contribution in [2.45, 2.75) is 18.6 Å². The number of likely N-dealkylation sites (N-methyl/N-ethyl adjacent to an activating group) is 1. The Bertz CT molecular complexity index is 374. The summed E-state index contributed by atoms with van der Waals surface area (Å²) in [6, 6.07) is 0. The Hall–Kier alpha value is -0.910. The molecule has 1 aromatic heterocycles. The molecule has 0 bridgehead atoms. The van der Waals surface area contributed by atoms with Crippen molar-refractivity contribution in [2.24, 2.45) is 0 Å². The van der Waals surface area contributed by atoms with Crippen molar-refractivity contribution in [1.29, 1.82) is 0 Å². The first-order valence-electron chi connectivity index (χ1n) is 6.34. The van der Waals surface area contributed by atoms with E-state index in [-0.39, 0.29) is 0 Å². The number of aromatic nitrogens is 2. The summed E-state index contributed by atoms with van der Waals surface area (Å²) >= 11 is 0. The van der Waals surface area contributed by atoms with Gasteiger partial charge in [-0.1, -0.05) is 0 Å². The summed E-state index contributed by atoms with van der Waals surface area (Å²) in [5.74, 6) is 0.638. The molecule has 1 N–H and O–H groups in total. The molecule has 0 saturated carbocycles. The number of morpholine rings is 1. The van der Waals surface area contributed by atoms with Gasteiger partial charge in [-0.2, -0.15) is 0 Å². The topological polar surface area (TPSA) is 42.3 Å². The first-order valence-corrected chi connectivity index (χ1v) is 6.34. The highest BCUT2D eigenvalue weighted by Gasteiger charge is 2.24. The zero-order valence-electron chi connectivity index (χ0n) is 10.3. The lowest BCUT2D eigenvalue weighted by Gasteiger charge is -2.32. The highest BCUT2D eigenvalue weighted by Crippen LogP contribution is 2.20. The van der Waals surface area contributed by atoms with Crippen LogP contribution in [-0.4, -0.2) is 60.4 Å². The maximum atomic E-state index is 5.80. The monoisotopic (exact) mass is 236 g/mol. The number of ether oxygens (including phenoxy) is 1. The van der Waals surface area contributed by atoms with Gasteiger partial charge in [0.25, 0.3) is 0 Å². The number of nitrogens with one attached hydrogen (secondary N) is 1. The van der Waals surface area contributed by atoms with Crippen LogP contribution >= 0.6 is 0 Å². The summed E-state index contributed by atoms with van der Waals surface area (Å²) in [4.78, 5) is 6.60. The maximum absolute atomic E-state index is 5.80. The molecule has 0 aliphatic carbocycles. The van der Waals surface area contributed by atoms with E-state index in [1.165, 1.54) is 5.69 Å². The fraction of sp³-hybridized carbons (Fsp3) is 0.750. The zero-order chi connectivity index (χ0) is 11.7. The summed E-state index contributed by atoms with van der Waals surface area (Å²) in [6.45, 7) is 5.99. The van der Waals surface area contributed by atoms with Gasteiger partial charge < -0.3 is 19.5 Å². The van der Waals surface area contributed by atoms with Crippen LogP contribution in [0.15, 0.2) is 12.5 Å². The SMILES string of the molecule is CN1CCOC(Cn2cncc2C2CNC2)C1. The Balaban J connectivity index is 1.65. The molecule has 0 radical (unpaired) electrons. The Morgan fingerprint density at radius 1 is 1.53 bits per heavy atom. The van der Waals surface area contributed by atoms with E-state index in [1.807, 2.05) is 12.5 Å². The predicted molar refractivity (Wildman–Crippen MR) is 65.1 cm³/mol. The maximum Gasteiger partial charge on any atom is 0.0949 e. The smallest absolute Gasteiger partial charge is 0.0949 e. The third kappa shape index (κ3) is 2.36. The second-order valence-corrected chi connectivity index (χ2v) is 5.08. The molecule has 5 heteroatoms. The number of imidazole rings is 1. The van der Waals surface area contributed by atoms with Gasteiger partial charge in [0.05, 0.1) is 25.6 Å². The normalized spacial score (nSPS) is 27.0. The van der Waals surface area contributed by atoms with Crippen LogP contribution < -0.4 is 5.32 Å². The van der Waals surface area contributed by atoms with Crippen molar-refractivity contribution in [3.8, 4) is 0 Å². The van der Waals surface area contributed by atoms with Gasteiger partial charge in [-0.05, 0) is 7.05 Å². The third-order valence-corrected chi connectivity index (χ3v) is 3.69. The van der Waals surface area contributed by atoms with Gasteiger partial charge >= 0.3 is 0 Å². The van der Waals surface area contributed by atoms with Gasteiger partial charge in [-0.15, -0.1) is 0 Å². The van der Waals surface area contributed by atoms with Gasteiger partial charge in [0, 0.05) is 44.0 Å². The van der Waals surface area contributed by atoms with E-state index < -0.39 is 0 Å². The van der Waals surface area contributed by atoms with Crippen LogP contribution in [0.25, 0.3) is 0 Å². The van der Waals surface area contributed by atoms with Gasteiger partial charge in [0.1, 0.15) is 0 Å². The molecule has 2 aliphatic rings. The summed E-state index contributed by atoms with van der Waals surface area (Å²) in [5.41, 5.74) is 1.35. The Kier molecular flexibility index (Phi) is 3.13. The molecule has 94 valence electrons. The van der Waals surface area contributed by atoms with Gasteiger partial charge in [-0.3, -0.25) is 0 Å². The Labute approximate surface area is 102 Å². The highest BCUT2D eigenvalue weighted by molar-refractivity contribution is 5.11. The molecule has 17 heavy (non-hydrogen) atoms. The second kappa shape index (κ2) is 4.76. The summed E-state index contributed by atoms with van der Waals surface area (Å²) < 4.78 is 8.06. The van der Waals surface area contributed by atoms with Crippen molar-refractivity contribution < 1.29 is 4.74 Å². The number of hydrogen-bond acceptors (Lipinski definition) is 4. The molecular formula is C12H20N4O. The van der Waals surface area contributed by atoms with Crippen molar-refractivity contribution in [2.75, 3.05) is 39.8 Å². The fourth-order valence-electron chi connectivity index (χ4n) is 2.52. The van der Waals surface area contributed by atoms with Gasteiger partial charge in [0.15, 0.2) is 0 Å². The van der Waals surface area contributed by atoms with Crippen LogP contribution in [0.2, 0.25) is 0 Å². The molecule has 1 unspecified atom stereocenters. The van der Waals surface area contributed by atoms with Crippen LogP contribution in [0.3, 0.4) is 0 Å². The standard InChI is InChI=1S/C12H20N4O/c1-15-2-3-17-11(7-15)8-16-9-14-6-12(16)10-4-13-5-10/h6,9-11,13H,2-5,7-8H2,1H3. The average molecular weight is 236 g/mol. The van der Waals surface area contributed by atoms with Crippen LogP contribution in [0.5, 0.6) is 0 Å². The van der Waals surface area contributed by atoms with Gasteiger partial charge in [-0.25, -0.2) is 4.98 Å². The summed E-state index contributed by atoms with van der Waals surface area (Å²) in [7, 11) is 2.15. The Morgan fingerprint density at radius 3 is 3.12 bits per heavy atom. The molecule has 3 rings (SSSR count). The fourth-order valence-corrected chi connectivity index (χ4v) is 2.52. The van der Waals surface area contributed by atoms with Crippen molar-refractivity contribution in [3.05, 3.63) is 18.2 Å². The first-order chi connectivity index (χ1) is 8.33. The minimum atomic E-state index is 0.301. The first kappa shape index (κ1) is 11.2. The van der Waals surface area contributed by atoms with Crippen LogP contribution in [0, 0.1) is 0 Å². The summed E-state index contributed by atoms with van der Waals surface area (Å²) in [5, 5.41) is 3.31. The van der Waals surface area contributed by atoms with E-state index in [0.29, 0.717) is 12.0 Å². The molecular weight excluding hydrogens is 216 g/mol. The second-order valence-electron chi connectivity index (χ2n) is 5.08. The minimum Gasteiger partial charge on any atom is -0.374 e. The third-order valence-electron chi connectivity index (χ3n) is 3.69. The van der Waals surface area contributed by atoms with E-state index in [2.05, 4.69) is 26.8 Å². The molecule has 5 nitrogen and oxygen atoms in total. The molecule has 3 heterocycles. The van der Waals surface area contributed by atoms with E-state index in [0.717, 1.165) is 39.3 Å². The summed E-state index contributed by atoms with van der Waals surface area (Å²) in [6.07, 6.45) is 4.23. The van der Waals surface area contributed by atoms with Crippen LogP contribution in [-0.2, 0) is 11.3 Å². The van der Waals surface area contributed by atoms with E-state index >= 15 is 0 Å². The van der Waals surface area contributed by atoms with Crippen molar-refractivity contribution in [1.82, 2.24) is 19.8 Å².